The average Bonchev–Trinajstić information content (AvgIpc) is 3.44. The first-order valence-corrected chi connectivity index (χ1v) is 13.5. The number of fused-ring (bicyclic) bond motifs is 1. The third-order valence-electron chi connectivity index (χ3n) is 6.76. The van der Waals surface area contributed by atoms with Crippen molar-refractivity contribution < 1.29 is 36.7 Å². The summed E-state index contributed by atoms with van der Waals surface area (Å²) >= 11 is 5.99. The number of benzene rings is 4. The monoisotopic (exact) mass is 607 g/mol. The van der Waals surface area contributed by atoms with Gasteiger partial charge in [0.2, 0.25) is 0 Å². The van der Waals surface area contributed by atoms with E-state index in [0.717, 1.165) is 34.2 Å². The molecule has 0 radical (unpaired) electrons. The van der Waals surface area contributed by atoms with Crippen LogP contribution in [0.3, 0.4) is 0 Å². The van der Waals surface area contributed by atoms with Crippen LogP contribution in [0.2, 0.25) is 5.02 Å². The molecule has 0 bridgehead atoms. The molecule has 0 aliphatic carbocycles. The molecule has 0 spiro atoms. The van der Waals surface area contributed by atoms with Crippen molar-refractivity contribution in [2.24, 2.45) is 0 Å². The Labute approximate surface area is 250 Å². The minimum atomic E-state index is -4.40. The van der Waals surface area contributed by atoms with Crippen LogP contribution >= 0.6 is 11.6 Å². The van der Waals surface area contributed by atoms with Crippen molar-refractivity contribution in [2.45, 2.75) is 25.2 Å². The Balaban J connectivity index is 1.22. The van der Waals surface area contributed by atoms with Gasteiger partial charge in [0.1, 0.15) is 24.0 Å². The van der Waals surface area contributed by atoms with Crippen LogP contribution in [-0.2, 0) is 28.7 Å². The van der Waals surface area contributed by atoms with E-state index in [1.807, 2.05) is 24.3 Å². The predicted molar refractivity (Wildman–Crippen MR) is 156 cm³/mol. The van der Waals surface area contributed by atoms with Crippen LogP contribution in [-0.4, -0.2) is 25.0 Å². The summed E-state index contributed by atoms with van der Waals surface area (Å²) in [4.78, 5) is 25.6. The Morgan fingerprint density at radius 3 is 2.16 bits per heavy atom. The summed E-state index contributed by atoms with van der Waals surface area (Å²) in [5, 5.41) is 4.04. The first kappa shape index (κ1) is 29.7. The predicted octanol–water partition coefficient (Wildman–Crippen LogP) is 7.87. The Morgan fingerprint density at radius 1 is 0.860 bits per heavy atom. The summed E-state index contributed by atoms with van der Waals surface area (Å²) in [5.74, 6) is -0.667. The molecule has 1 unspecified atom stereocenters. The van der Waals surface area contributed by atoms with Crippen molar-refractivity contribution >= 4 is 34.4 Å². The third kappa shape index (κ3) is 7.37. The quantitative estimate of drug-likeness (QED) is 0.173. The van der Waals surface area contributed by atoms with Crippen LogP contribution in [0.15, 0.2) is 101 Å². The summed E-state index contributed by atoms with van der Waals surface area (Å²) in [7, 11) is 1.24. The summed E-state index contributed by atoms with van der Waals surface area (Å²) < 4.78 is 54.6. The molecular formula is C33H25ClF3NO5. The number of alkyl halides is 3. The van der Waals surface area contributed by atoms with Gasteiger partial charge in [0.15, 0.2) is 5.76 Å². The lowest BCUT2D eigenvalue weighted by atomic mass is 10.0. The maximum Gasteiger partial charge on any atom is 0.416 e. The van der Waals surface area contributed by atoms with E-state index in [-0.39, 0.29) is 18.8 Å². The van der Waals surface area contributed by atoms with E-state index in [2.05, 4.69) is 5.32 Å². The Morgan fingerprint density at radius 2 is 1.51 bits per heavy atom. The molecule has 1 heterocycles. The highest BCUT2D eigenvalue weighted by Gasteiger charge is 2.30. The summed E-state index contributed by atoms with van der Waals surface area (Å²) in [6.07, 6.45) is -4.26. The highest BCUT2D eigenvalue weighted by molar-refractivity contribution is 6.30. The van der Waals surface area contributed by atoms with Gasteiger partial charge in [0.25, 0.3) is 5.91 Å². The molecular weight excluding hydrogens is 583 g/mol. The van der Waals surface area contributed by atoms with Gasteiger partial charge in [-0.1, -0.05) is 54.1 Å². The van der Waals surface area contributed by atoms with Gasteiger partial charge in [-0.15, -0.1) is 0 Å². The molecule has 0 aliphatic rings. The molecule has 5 aromatic rings. The zero-order valence-electron chi connectivity index (χ0n) is 22.8. The maximum atomic E-state index is 13.1. The summed E-state index contributed by atoms with van der Waals surface area (Å²) in [6, 6.07) is 25.1. The van der Waals surface area contributed by atoms with E-state index in [0.29, 0.717) is 21.9 Å². The second kappa shape index (κ2) is 12.6. The van der Waals surface area contributed by atoms with E-state index < -0.39 is 29.7 Å². The van der Waals surface area contributed by atoms with Crippen LogP contribution in [0.5, 0.6) is 5.75 Å². The number of nitrogens with one attached hydrogen (secondary N) is 1. The minimum absolute atomic E-state index is 0.0455. The van der Waals surface area contributed by atoms with Gasteiger partial charge in [-0.3, -0.25) is 4.79 Å². The Bertz CT molecular complexity index is 1730. The molecule has 4 aromatic carbocycles. The third-order valence-corrected chi connectivity index (χ3v) is 7.01. The molecule has 0 fully saturated rings. The lowest BCUT2D eigenvalue weighted by Gasteiger charge is -2.16. The number of esters is 1. The number of furan rings is 1. The molecule has 1 aromatic heterocycles. The van der Waals surface area contributed by atoms with Gasteiger partial charge < -0.3 is 19.2 Å². The fraction of sp³-hybridized carbons (Fsp3) is 0.152. The van der Waals surface area contributed by atoms with Crippen molar-refractivity contribution in [1.29, 1.82) is 0 Å². The van der Waals surface area contributed by atoms with E-state index in [4.69, 9.17) is 25.5 Å². The highest BCUT2D eigenvalue weighted by Crippen LogP contribution is 2.30. The van der Waals surface area contributed by atoms with Crippen molar-refractivity contribution in [3.63, 3.8) is 0 Å². The second-order valence-corrected chi connectivity index (χ2v) is 10.2. The fourth-order valence-electron chi connectivity index (χ4n) is 4.46. The summed E-state index contributed by atoms with van der Waals surface area (Å²) in [6.45, 7) is 0.0804. The van der Waals surface area contributed by atoms with Crippen LogP contribution in [0.25, 0.3) is 22.1 Å². The van der Waals surface area contributed by atoms with Crippen molar-refractivity contribution in [2.75, 3.05) is 7.11 Å². The molecule has 1 amide bonds. The first-order chi connectivity index (χ1) is 20.6. The summed E-state index contributed by atoms with van der Waals surface area (Å²) in [5.41, 5.74) is 2.98. The van der Waals surface area contributed by atoms with Crippen LogP contribution in [0.4, 0.5) is 13.2 Å². The lowest BCUT2D eigenvalue weighted by Crippen LogP contribution is -2.42. The highest BCUT2D eigenvalue weighted by atomic mass is 35.5. The molecule has 10 heteroatoms. The number of carbonyl (C=O) groups is 2. The van der Waals surface area contributed by atoms with Gasteiger partial charge in [-0.25, -0.2) is 4.79 Å². The molecule has 220 valence electrons. The molecule has 0 saturated carbocycles. The number of methoxy groups -OCH3 is 1. The Kier molecular flexibility index (Phi) is 8.73. The second-order valence-electron chi connectivity index (χ2n) is 9.75. The van der Waals surface area contributed by atoms with Gasteiger partial charge in [0.05, 0.1) is 12.7 Å². The molecule has 43 heavy (non-hydrogen) atoms. The van der Waals surface area contributed by atoms with E-state index in [9.17, 15) is 22.8 Å². The first-order valence-electron chi connectivity index (χ1n) is 13.1. The van der Waals surface area contributed by atoms with E-state index in [1.165, 1.54) is 19.2 Å². The largest absolute Gasteiger partial charge is 0.489 e. The number of ether oxygens (including phenoxy) is 2. The number of rotatable bonds is 9. The lowest BCUT2D eigenvalue weighted by molar-refractivity contribution is -0.143. The van der Waals surface area contributed by atoms with Gasteiger partial charge >= 0.3 is 12.1 Å². The number of carbonyl (C=O) groups excluding carboxylic acids is 2. The topological polar surface area (TPSA) is 77.8 Å². The van der Waals surface area contributed by atoms with Crippen LogP contribution in [0, 0.1) is 0 Å². The average molecular weight is 608 g/mol. The zero-order chi connectivity index (χ0) is 30.6. The normalized spacial score (nSPS) is 12.1. The van der Waals surface area contributed by atoms with E-state index >= 15 is 0 Å². The van der Waals surface area contributed by atoms with Gasteiger partial charge in [0, 0.05) is 16.8 Å². The van der Waals surface area contributed by atoms with Crippen molar-refractivity contribution in [1.82, 2.24) is 5.32 Å². The molecule has 0 saturated heterocycles. The minimum Gasteiger partial charge on any atom is -0.489 e. The Hall–Kier alpha value is -4.76. The number of halogens is 4. The number of hydrogen-bond acceptors (Lipinski definition) is 5. The standard InChI is InChI=1S/C33H25ClF3NO5/c1-41-32(40)28(16-20-4-13-27(14-5-20)42-19-21-2-9-25(10-3-21)33(35,36)37)38-31(39)30-18-24-17-23(8-15-29(24)43-30)22-6-11-26(34)12-7-22/h2-15,17-18,28H,16,19H2,1H3,(H,38,39). The van der Waals surface area contributed by atoms with Gasteiger partial charge in [-0.05, 0) is 76.9 Å². The number of hydrogen-bond donors (Lipinski definition) is 1. The van der Waals surface area contributed by atoms with Crippen LogP contribution < -0.4 is 10.1 Å². The SMILES string of the molecule is COC(=O)C(Cc1ccc(OCc2ccc(C(F)(F)F)cc2)cc1)NC(=O)c1cc2cc(-c3ccc(Cl)cc3)ccc2o1. The molecule has 0 aliphatic heterocycles. The van der Waals surface area contributed by atoms with Crippen LogP contribution in [0.1, 0.15) is 27.2 Å². The zero-order valence-corrected chi connectivity index (χ0v) is 23.5. The van der Waals surface area contributed by atoms with Gasteiger partial charge in [-0.2, -0.15) is 13.2 Å². The van der Waals surface area contributed by atoms with Crippen molar-refractivity contribution in [3.05, 3.63) is 125 Å². The molecule has 1 N–H and O–H groups in total. The maximum absolute atomic E-state index is 13.1. The molecule has 1 atom stereocenters. The fourth-order valence-corrected chi connectivity index (χ4v) is 4.58. The number of amides is 1. The molecule has 5 rings (SSSR count). The molecule has 6 nitrogen and oxygen atoms in total. The van der Waals surface area contributed by atoms with E-state index in [1.54, 1.807) is 48.5 Å². The smallest absolute Gasteiger partial charge is 0.416 e. The van der Waals surface area contributed by atoms with Crippen molar-refractivity contribution in [3.8, 4) is 16.9 Å².